The van der Waals surface area contributed by atoms with E-state index in [-0.39, 0.29) is 36.9 Å². The average molecular weight is 434 g/mol. The van der Waals surface area contributed by atoms with E-state index in [0.717, 1.165) is 25.9 Å². The highest BCUT2D eigenvalue weighted by atomic mass is 35.5. The third-order valence-electron chi connectivity index (χ3n) is 5.00. The van der Waals surface area contributed by atoms with Gasteiger partial charge in [0, 0.05) is 30.4 Å². The molecule has 1 aliphatic heterocycles. The van der Waals surface area contributed by atoms with E-state index >= 15 is 0 Å². The fourth-order valence-electron chi connectivity index (χ4n) is 3.30. The van der Waals surface area contributed by atoms with Gasteiger partial charge in [-0.1, -0.05) is 6.07 Å². The molecular weight excluding hydrogens is 406 g/mol. The number of carbonyl (C=O) groups is 2. The van der Waals surface area contributed by atoms with Crippen LogP contribution in [0.3, 0.4) is 0 Å². The van der Waals surface area contributed by atoms with Gasteiger partial charge in [0.05, 0.1) is 7.11 Å². The van der Waals surface area contributed by atoms with E-state index < -0.39 is 0 Å². The number of rotatable bonds is 7. The number of amides is 2. The first-order chi connectivity index (χ1) is 14.1. The molecule has 1 fully saturated rings. The first-order valence-corrected chi connectivity index (χ1v) is 9.71. The lowest BCUT2D eigenvalue weighted by Gasteiger charge is -2.31. The number of hydrogen-bond donors (Lipinski definition) is 2. The molecule has 8 heteroatoms. The van der Waals surface area contributed by atoms with Crippen LogP contribution in [0.25, 0.3) is 0 Å². The van der Waals surface area contributed by atoms with Crippen molar-refractivity contribution in [2.45, 2.75) is 18.9 Å². The second-order valence-electron chi connectivity index (χ2n) is 6.99. The Hall–Kier alpha value is -2.77. The number of hydrogen-bond acceptors (Lipinski definition) is 5. The van der Waals surface area contributed by atoms with Crippen LogP contribution in [0.15, 0.2) is 48.5 Å². The molecule has 2 aromatic carbocycles. The summed E-state index contributed by atoms with van der Waals surface area (Å²) in [5, 5.41) is 6.06. The monoisotopic (exact) mass is 433 g/mol. The minimum Gasteiger partial charge on any atom is -0.497 e. The summed E-state index contributed by atoms with van der Waals surface area (Å²) in [5.41, 5.74) is 1.25. The Morgan fingerprint density at radius 2 is 1.80 bits per heavy atom. The summed E-state index contributed by atoms with van der Waals surface area (Å²) in [7, 11) is 3.42. The normalized spacial score (nSPS) is 13.7. The summed E-state index contributed by atoms with van der Waals surface area (Å²) < 4.78 is 10.7. The maximum absolute atomic E-state index is 12.7. The van der Waals surface area contributed by atoms with E-state index in [2.05, 4.69) is 10.6 Å². The van der Waals surface area contributed by atoms with Crippen molar-refractivity contribution in [2.75, 3.05) is 39.2 Å². The lowest BCUT2D eigenvalue weighted by Crippen LogP contribution is -2.43. The van der Waals surface area contributed by atoms with Crippen molar-refractivity contribution in [3.8, 4) is 11.5 Å². The van der Waals surface area contributed by atoms with Gasteiger partial charge in [-0.3, -0.25) is 9.59 Å². The van der Waals surface area contributed by atoms with Gasteiger partial charge in [-0.25, -0.2) is 0 Å². The van der Waals surface area contributed by atoms with Crippen molar-refractivity contribution in [1.82, 2.24) is 10.2 Å². The molecular formula is C22H28ClN3O4. The smallest absolute Gasteiger partial charge is 0.262 e. The van der Waals surface area contributed by atoms with E-state index in [9.17, 15) is 9.59 Å². The summed E-state index contributed by atoms with van der Waals surface area (Å²) in [6, 6.07) is 14.3. The maximum Gasteiger partial charge on any atom is 0.262 e. The molecule has 0 saturated carbocycles. The van der Waals surface area contributed by atoms with E-state index in [1.165, 1.54) is 0 Å². The van der Waals surface area contributed by atoms with Gasteiger partial charge in [0.1, 0.15) is 11.5 Å². The zero-order valence-electron chi connectivity index (χ0n) is 17.2. The van der Waals surface area contributed by atoms with Crippen molar-refractivity contribution in [3.63, 3.8) is 0 Å². The molecule has 162 valence electrons. The van der Waals surface area contributed by atoms with Crippen LogP contribution in [0.2, 0.25) is 0 Å². The first kappa shape index (κ1) is 23.5. The number of piperidine rings is 1. The molecule has 1 aliphatic rings. The predicted octanol–water partition coefficient (Wildman–Crippen LogP) is 2.96. The number of nitrogens with zero attached hydrogens (tertiary/aromatic N) is 1. The molecule has 0 unspecified atom stereocenters. The van der Waals surface area contributed by atoms with Crippen molar-refractivity contribution in [3.05, 3.63) is 54.1 Å². The second kappa shape index (κ2) is 11.4. The number of benzene rings is 2. The minimum absolute atomic E-state index is 0. The Labute approximate surface area is 183 Å². The van der Waals surface area contributed by atoms with Crippen molar-refractivity contribution < 1.29 is 19.1 Å². The Morgan fingerprint density at radius 1 is 1.10 bits per heavy atom. The fraction of sp³-hybridized carbons (Fsp3) is 0.364. The van der Waals surface area contributed by atoms with Crippen LogP contribution >= 0.6 is 12.4 Å². The van der Waals surface area contributed by atoms with Crippen LogP contribution in [0, 0.1) is 0 Å². The van der Waals surface area contributed by atoms with E-state index in [4.69, 9.17) is 9.47 Å². The molecule has 1 heterocycles. The lowest BCUT2D eigenvalue weighted by molar-refractivity contribution is -0.118. The number of ether oxygens (including phenoxy) is 2. The molecule has 0 bridgehead atoms. The lowest BCUT2D eigenvalue weighted by atomic mass is 10.0. The third-order valence-corrected chi connectivity index (χ3v) is 5.00. The average Bonchev–Trinajstić information content (AvgIpc) is 2.77. The highest BCUT2D eigenvalue weighted by molar-refractivity contribution is 5.94. The van der Waals surface area contributed by atoms with E-state index in [0.29, 0.717) is 22.7 Å². The largest absolute Gasteiger partial charge is 0.497 e. The number of halogens is 1. The van der Waals surface area contributed by atoms with E-state index in [1.54, 1.807) is 55.6 Å². The minimum atomic E-state index is -0.274. The standard InChI is InChI=1S/C22H27N3O4.ClH/c1-25(18-10-12-23-13-11-18)22(27)16-6-8-19(9-7-16)29-15-21(26)24-17-4-3-5-20(14-17)28-2;/h3-9,14,18,23H,10-13,15H2,1-2H3,(H,24,26);1H. The molecule has 0 atom stereocenters. The Kier molecular flexibility index (Phi) is 8.95. The number of carbonyl (C=O) groups excluding carboxylic acids is 2. The summed E-state index contributed by atoms with van der Waals surface area (Å²) in [6.45, 7) is 1.75. The van der Waals surface area contributed by atoms with Gasteiger partial charge in [-0.15, -0.1) is 12.4 Å². The van der Waals surface area contributed by atoms with Gasteiger partial charge in [-0.2, -0.15) is 0 Å². The fourth-order valence-corrected chi connectivity index (χ4v) is 3.30. The molecule has 0 spiro atoms. The topological polar surface area (TPSA) is 79.9 Å². The summed E-state index contributed by atoms with van der Waals surface area (Å²) in [6.07, 6.45) is 1.93. The number of methoxy groups -OCH3 is 1. The van der Waals surface area contributed by atoms with Crippen LogP contribution in [0.4, 0.5) is 5.69 Å². The highest BCUT2D eigenvalue weighted by Crippen LogP contribution is 2.18. The first-order valence-electron chi connectivity index (χ1n) is 9.71. The van der Waals surface area contributed by atoms with Crippen molar-refractivity contribution in [1.29, 1.82) is 0 Å². The molecule has 30 heavy (non-hydrogen) atoms. The predicted molar refractivity (Wildman–Crippen MR) is 119 cm³/mol. The quantitative estimate of drug-likeness (QED) is 0.701. The molecule has 7 nitrogen and oxygen atoms in total. The Balaban J connectivity index is 0.00000320. The van der Waals surface area contributed by atoms with Crippen LogP contribution in [0.5, 0.6) is 11.5 Å². The number of anilines is 1. The van der Waals surface area contributed by atoms with Gasteiger partial charge in [0.2, 0.25) is 0 Å². The Morgan fingerprint density at radius 3 is 2.47 bits per heavy atom. The van der Waals surface area contributed by atoms with Crippen LogP contribution < -0.4 is 20.1 Å². The highest BCUT2D eigenvalue weighted by Gasteiger charge is 2.22. The zero-order chi connectivity index (χ0) is 20.6. The SMILES string of the molecule is COc1cccc(NC(=O)COc2ccc(C(=O)N(C)C3CCNCC3)cc2)c1.Cl. The summed E-state index contributed by atoms with van der Waals surface area (Å²) in [5.74, 6) is 0.925. The molecule has 2 aromatic rings. The summed E-state index contributed by atoms with van der Waals surface area (Å²) >= 11 is 0. The van der Waals surface area contributed by atoms with Gasteiger partial charge < -0.3 is 25.0 Å². The molecule has 0 radical (unpaired) electrons. The summed E-state index contributed by atoms with van der Waals surface area (Å²) in [4.78, 5) is 26.6. The molecule has 3 rings (SSSR count). The van der Waals surface area contributed by atoms with Crippen LogP contribution in [0.1, 0.15) is 23.2 Å². The van der Waals surface area contributed by atoms with Gasteiger partial charge in [0.15, 0.2) is 6.61 Å². The van der Waals surface area contributed by atoms with Gasteiger partial charge >= 0.3 is 0 Å². The maximum atomic E-state index is 12.7. The zero-order valence-corrected chi connectivity index (χ0v) is 18.0. The van der Waals surface area contributed by atoms with Crippen LogP contribution in [-0.2, 0) is 4.79 Å². The van der Waals surface area contributed by atoms with Gasteiger partial charge in [0.25, 0.3) is 11.8 Å². The van der Waals surface area contributed by atoms with Crippen LogP contribution in [-0.4, -0.2) is 56.6 Å². The van der Waals surface area contributed by atoms with Crippen molar-refractivity contribution in [2.24, 2.45) is 0 Å². The number of nitrogens with one attached hydrogen (secondary N) is 2. The molecule has 1 saturated heterocycles. The third kappa shape index (κ3) is 6.37. The molecule has 2 N–H and O–H groups in total. The second-order valence-corrected chi connectivity index (χ2v) is 6.99. The van der Waals surface area contributed by atoms with Gasteiger partial charge in [-0.05, 0) is 62.3 Å². The molecule has 2 amide bonds. The molecule has 0 aromatic heterocycles. The Bertz CT molecular complexity index is 839. The van der Waals surface area contributed by atoms with Crippen molar-refractivity contribution >= 4 is 29.9 Å². The molecule has 0 aliphatic carbocycles. The van der Waals surface area contributed by atoms with E-state index in [1.807, 2.05) is 11.9 Å².